The maximum atomic E-state index is 11.5. The summed E-state index contributed by atoms with van der Waals surface area (Å²) in [6.45, 7) is 11.7. The van der Waals surface area contributed by atoms with Crippen LogP contribution in [0.4, 0.5) is 0 Å². The minimum atomic E-state index is 0.0293. The zero-order chi connectivity index (χ0) is 14.8. The number of nitrogens with one attached hydrogen (secondary N) is 1. The Morgan fingerprint density at radius 3 is 2.95 bits per heavy atom. The molecule has 5 heteroatoms. The van der Waals surface area contributed by atoms with Crippen molar-refractivity contribution < 1.29 is 14.3 Å². The molecule has 1 amide bonds. The van der Waals surface area contributed by atoms with E-state index in [9.17, 15) is 4.79 Å². The summed E-state index contributed by atoms with van der Waals surface area (Å²) in [4.78, 5) is 13.9. The van der Waals surface area contributed by atoms with Gasteiger partial charge in [-0.3, -0.25) is 9.69 Å². The van der Waals surface area contributed by atoms with Crippen molar-refractivity contribution in [2.24, 2.45) is 5.92 Å². The Morgan fingerprint density at radius 1 is 1.45 bits per heavy atom. The molecule has 1 rings (SSSR count). The Bertz CT molecular complexity index is 272. The zero-order valence-electron chi connectivity index (χ0n) is 13.2. The first kappa shape index (κ1) is 17.4. The number of unbranched alkanes of at least 4 members (excludes halogenated alkanes) is 1. The van der Waals surface area contributed by atoms with Crippen LogP contribution < -0.4 is 5.32 Å². The molecule has 1 atom stereocenters. The summed E-state index contributed by atoms with van der Waals surface area (Å²) >= 11 is 0. The van der Waals surface area contributed by atoms with Crippen molar-refractivity contribution >= 4 is 5.91 Å². The Hall–Kier alpha value is -0.650. The van der Waals surface area contributed by atoms with Crippen LogP contribution in [-0.4, -0.2) is 62.9 Å². The molecule has 20 heavy (non-hydrogen) atoms. The fraction of sp³-hybridized carbons (Fsp3) is 0.933. The molecular formula is C15H30N2O3. The van der Waals surface area contributed by atoms with Gasteiger partial charge in [-0.2, -0.15) is 0 Å². The van der Waals surface area contributed by atoms with Crippen LogP contribution in [0.3, 0.4) is 0 Å². The molecule has 0 bridgehead atoms. The highest BCUT2D eigenvalue weighted by Gasteiger charge is 2.21. The van der Waals surface area contributed by atoms with E-state index in [1.807, 2.05) is 13.8 Å². The maximum Gasteiger partial charge on any atom is 0.222 e. The second-order valence-corrected chi connectivity index (χ2v) is 5.66. The maximum absolute atomic E-state index is 11.5. The molecule has 1 fully saturated rings. The first-order valence-corrected chi connectivity index (χ1v) is 7.83. The van der Waals surface area contributed by atoms with Gasteiger partial charge in [0.05, 0.1) is 19.3 Å². The number of morpholine rings is 1. The lowest BCUT2D eigenvalue weighted by atomic mass is 10.2. The quantitative estimate of drug-likeness (QED) is 0.649. The van der Waals surface area contributed by atoms with E-state index >= 15 is 0 Å². The number of carbonyl (C=O) groups excluding carboxylic acids is 1. The summed E-state index contributed by atoms with van der Waals surface area (Å²) < 4.78 is 11.3. The lowest BCUT2D eigenvalue weighted by Crippen LogP contribution is -2.48. The number of ether oxygens (including phenoxy) is 2. The SMILES string of the molecule is CCCCOCCN1CCO[C@H](CNC(=O)C(C)C)C1. The fourth-order valence-electron chi connectivity index (χ4n) is 2.07. The minimum Gasteiger partial charge on any atom is -0.380 e. The van der Waals surface area contributed by atoms with Crippen LogP contribution in [0.5, 0.6) is 0 Å². The molecule has 1 N–H and O–H groups in total. The fourth-order valence-corrected chi connectivity index (χ4v) is 2.07. The second kappa shape index (κ2) is 10.1. The van der Waals surface area contributed by atoms with Gasteiger partial charge in [0.15, 0.2) is 0 Å². The van der Waals surface area contributed by atoms with E-state index in [2.05, 4.69) is 17.1 Å². The van der Waals surface area contributed by atoms with Crippen molar-refractivity contribution in [1.82, 2.24) is 10.2 Å². The topological polar surface area (TPSA) is 50.8 Å². The van der Waals surface area contributed by atoms with Gasteiger partial charge in [-0.05, 0) is 6.42 Å². The molecule has 1 heterocycles. The van der Waals surface area contributed by atoms with E-state index in [1.54, 1.807) is 0 Å². The average Bonchev–Trinajstić information content (AvgIpc) is 2.45. The molecular weight excluding hydrogens is 256 g/mol. The number of nitrogens with zero attached hydrogens (tertiary/aromatic N) is 1. The third-order valence-electron chi connectivity index (χ3n) is 3.45. The molecule has 0 saturated carbocycles. The third kappa shape index (κ3) is 7.22. The van der Waals surface area contributed by atoms with Crippen molar-refractivity contribution in [1.29, 1.82) is 0 Å². The number of carbonyl (C=O) groups is 1. The molecule has 1 aliphatic rings. The standard InChI is InChI=1S/C15H30N2O3/c1-4-5-8-19-9-6-17-7-10-20-14(12-17)11-16-15(18)13(2)3/h13-14H,4-12H2,1-3H3,(H,16,18)/t14-/m1/s1. The molecule has 1 saturated heterocycles. The van der Waals surface area contributed by atoms with Crippen LogP contribution in [0.2, 0.25) is 0 Å². The molecule has 0 unspecified atom stereocenters. The van der Waals surface area contributed by atoms with Crippen LogP contribution in [0.1, 0.15) is 33.6 Å². The van der Waals surface area contributed by atoms with E-state index in [1.165, 1.54) is 6.42 Å². The molecule has 0 spiro atoms. The number of hydrogen-bond acceptors (Lipinski definition) is 4. The zero-order valence-corrected chi connectivity index (χ0v) is 13.2. The van der Waals surface area contributed by atoms with Crippen LogP contribution >= 0.6 is 0 Å². The van der Waals surface area contributed by atoms with Gasteiger partial charge >= 0.3 is 0 Å². The van der Waals surface area contributed by atoms with Crippen molar-refractivity contribution in [3.63, 3.8) is 0 Å². The normalized spacial score (nSPS) is 20.3. The predicted octanol–water partition coefficient (Wildman–Crippen LogP) is 1.28. The van der Waals surface area contributed by atoms with E-state index in [0.29, 0.717) is 6.54 Å². The summed E-state index contributed by atoms with van der Waals surface area (Å²) in [5.74, 6) is 0.121. The number of amides is 1. The second-order valence-electron chi connectivity index (χ2n) is 5.66. The van der Waals surface area contributed by atoms with Gasteiger partial charge < -0.3 is 14.8 Å². The van der Waals surface area contributed by atoms with Crippen molar-refractivity contribution in [3.8, 4) is 0 Å². The highest BCUT2D eigenvalue weighted by atomic mass is 16.5. The van der Waals surface area contributed by atoms with E-state index in [-0.39, 0.29) is 17.9 Å². The average molecular weight is 286 g/mol. The number of hydrogen-bond donors (Lipinski definition) is 1. The Labute approximate surface area is 123 Å². The highest BCUT2D eigenvalue weighted by molar-refractivity contribution is 5.77. The Balaban J connectivity index is 2.13. The van der Waals surface area contributed by atoms with Crippen LogP contribution in [0, 0.1) is 5.92 Å². The van der Waals surface area contributed by atoms with Crippen molar-refractivity contribution in [2.45, 2.75) is 39.7 Å². The highest BCUT2D eigenvalue weighted by Crippen LogP contribution is 2.05. The molecule has 0 radical (unpaired) electrons. The van der Waals surface area contributed by atoms with Crippen LogP contribution in [-0.2, 0) is 14.3 Å². The van der Waals surface area contributed by atoms with E-state index < -0.39 is 0 Å². The molecule has 0 aliphatic carbocycles. The van der Waals surface area contributed by atoms with Crippen molar-refractivity contribution in [2.75, 3.05) is 46.0 Å². The van der Waals surface area contributed by atoms with Gasteiger partial charge in [0.25, 0.3) is 0 Å². The van der Waals surface area contributed by atoms with Crippen molar-refractivity contribution in [3.05, 3.63) is 0 Å². The van der Waals surface area contributed by atoms with Crippen LogP contribution in [0.15, 0.2) is 0 Å². The lowest BCUT2D eigenvalue weighted by Gasteiger charge is -2.33. The first-order valence-electron chi connectivity index (χ1n) is 7.83. The monoisotopic (exact) mass is 286 g/mol. The van der Waals surface area contributed by atoms with Gasteiger partial charge in [0.2, 0.25) is 5.91 Å². The Morgan fingerprint density at radius 2 is 2.25 bits per heavy atom. The lowest BCUT2D eigenvalue weighted by molar-refractivity contribution is -0.125. The summed E-state index contributed by atoms with van der Waals surface area (Å²) in [6.07, 6.45) is 2.41. The minimum absolute atomic E-state index is 0.0293. The molecule has 0 aromatic heterocycles. The van der Waals surface area contributed by atoms with Gasteiger partial charge in [-0.25, -0.2) is 0 Å². The number of rotatable bonds is 9. The summed E-state index contributed by atoms with van der Waals surface area (Å²) in [5, 5.41) is 2.93. The van der Waals surface area contributed by atoms with E-state index in [4.69, 9.17) is 9.47 Å². The Kier molecular flexibility index (Phi) is 8.82. The molecule has 0 aromatic rings. The van der Waals surface area contributed by atoms with Gasteiger partial charge in [-0.1, -0.05) is 27.2 Å². The third-order valence-corrected chi connectivity index (χ3v) is 3.45. The van der Waals surface area contributed by atoms with Gasteiger partial charge in [0, 0.05) is 38.7 Å². The smallest absolute Gasteiger partial charge is 0.222 e. The molecule has 1 aliphatic heterocycles. The summed E-state index contributed by atoms with van der Waals surface area (Å²) in [7, 11) is 0. The summed E-state index contributed by atoms with van der Waals surface area (Å²) in [6, 6.07) is 0. The van der Waals surface area contributed by atoms with Gasteiger partial charge in [-0.15, -0.1) is 0 Å². The molecule has 118 valence electrons. The van der Waals surface area contributed by atoms with Gasteiger partial charge in [0.1, 0.15) is 0 Å². The molecule has 5 nitrogen and oxygen atoms in total. The van der Waals surface area contributed by atoms with E-state index in [0.717, 1.165) is 45.9 Å². The molecule has 0 aromatic carbocycles. The predicted molar refractivity (Wildman–Crippen MR) is 79.8 cm³/mol. The van der Waals surface area contributed by atoms with Crippen LogP contribution in [0.25, 0.3) is 0 Å². The first-order chi connectivity index (χ1) is 9.63. The largest absolute Gasteiger partial charge is 0.380 e. The summed E-state index contributed by atoms with van der Waals surface area (Å²) in [5.41, 5.74) is 0.